The van der Waals surface area contributed by atoms with E-state index in [4.69, 9.17) is 0 Å². The predicted octanol–water partition coefficient (Wildman–Crippen LogP) is 1.08. The number of nitrogens with zero attached hydrogens (tertiary/aromatic N) is 1. The monoisotopic (exact) mass is 180 g/mol. The third-order valence-corrected chi connectivity index (χ3v) is 4.38. The van der Waals surface area contributed by atoms with E-state index in [2.05, 4.69) is 10.2 Å². The molecule has 1 saturated heterocycles. The standard InChI is InChI=1S/C11H20N2/c1-2-9-8-11(10(9)3-1)13-6-4-12-5-7-13/h9-12H,1-8H2. The van der Waals surface area contributed by atoms with E-state index in [1.165, 1.54) is 51.9 Å². The van der Waals surface area contributed by atoms with Crippen molar-refractivity contribution in [2.45, 2.75) is 31.7 Å². The third-order valence-electron chi connectivity index (χ3n) is 4.38. The fourth-order valence-electron chi connectivity index (χ4n) is 3.59. The van der Waals surface area contributed by atoms with Gasteiger partial charge in [0.1, 0.15) is 0 Å². The number of piperazine rings is 1. The van der Waals surface area contributed by atoms with E-state index < -0.39 is 0 Å². The minimum Gasteiger partial charge on any atom is -0.314 e. The lowest BCUT2D eigenvalue weighted by Crippen LogP contribution is -2.56. The van der Waals surface area contributed by atoms with Gasteiger partial charge in [0.05, 0.1) is 0 Å². The molecule has 3 unspecified atom stereocenters. The molecular formula is C11H20N2. The highest BCUT2D eigenvalue weighted by atomic mass is 15.2. The highest BCUT2D eigenvalue weighted by molar-refractivity contribution is 4.99. The molecule has 0 radical (unpaired) electrons. The van der Waals surface area contributed by atoms with Crippen LogP contribution < -0.4 is 5.32 Å². The van der Waals surface area contributed by atoms with Gasteiger partial charge in [-0.05, 0) is 24.7 Å². The molecule has 3 rings (SSSR count). The lowest BCUT2D eigenvalue weighted by Gasteiger charge is -2.48. The lowest BCUT2D eigenvalue weighted by molar-refractivity contribution is 0.0156. The lowest BCUT2D eigenvalue weighted by atomic mass is 9.70. The summed E-state index contributed by atoms with van der Waals surface area (Å²) in [4.78, 5) is 2.74. The minimum absolute atomic E-state index is 0.981. The topological polar surface area (TPSA) is 15.3 Å². The molecule has 2 heteroatoms. The second kappa shape index (κ2) is 3.25. The van der Waals surface area contributed by atoms with Gasteiger partial charge in [-0.25, -0.2) is 0 Å². The van der Waals surface area contributed by atoms with Crippen LogP contribution >= 0.6 is 0 Å². The van der Waals surface area contributed by atoms with Crippen LogP contribution in [0.1, 0.15) is 25.7 Å². The first-order chi connectivity index (χ1) is 6.45. The van der Waals surface area contributed by atoms with Crippen LogP contribution in [0.4, 0.5) is 0 Å². The van der Waals surface area contributed by atoms with Crippen LogP contribution in [0.5, 0.6) is 0 Å². The number of fused-ring (bicyclic) bond motifs is 1. The van der Waals surface area contributed by atoms with Gasteiger partial charge in [-0.2, -0.15) is 0 Å². The SMILES string of the molecule is C1CC2CC(N3CCNCC3)C2C1. The van der Waals surface area contributed by atoms with Gasteiger partial charge in [0.15, 0.2) is 0 Å². The Balaban J connectivity index is 1.60. The summed E-state index contributed by atoms with van der Waals surface area (Å²) in [5.41, 5.74) is 0. The Morgan fingerprint density at radius 3 is 2.69 bits per heavy atom. The summed E-state index contributed by atoms with van der Waals surface area (Å²) in [6, 6.07) is 0.981. The summed E-state index contributed by atoms with van der Waals surface area (Å²) < 4.78 is 0. The van der Waals surface area contributed by atoms with Gasteiger partial charge in [0.25, 0.3) is 0 Å². The zero-order valence-electron chi connectivity index (χ0n) is 8.34. The van der Waals surface area contributed by atoms with Gasteiger partial charge in [0.2, 0.25) is 0 Å². The molecule has 0 amide bonds. The average molecular weight is 180 g/mol. The maximum atomic E-state index is 3.44. The predicted molar refractivity (Wildman–Crippen MR) is 53.7 cm³/mol. The molecule has 1 N–H and O–H groups in total. The molecule has 0 aromatic rings. The summed E-state index contributed by atoms with van der Waals surface area (Å²) in [7, 11) is 0. The van der Waals surface area contributed by atoms with Crippen LogP contribution in [0.25, 0.3) is 0 Å². The van der Waals surface area contributed by atoms with Crippen LogP contribution in [0.2, 0.25) is 0 Å². The number of nitrogens with one attached hydrogen (secondary N) is 1. The van der Waals surface area contributed by atoms with Crippen molar-refractivity contribution >= 4 is 0 Å². The van der Waals surface area contributed by atoms with Crippen LogP contribution in [-0.4, -0.2) is 37.1 Å². The fourth-order valence-corrected chi connectivity index (χ4v) is 3.59. The molecule has 3 aliphatic rings. The molecule has 1 aliphatic heterocycles. The van der Waals surface area contributed by atoms with Crippen molar-refractivity contribution in [3.63, 3.8) is 0 Å². The van der Waals surface area contributed by atoms with E-state index in [1.54, 1.807) is 0 Å². The molecule has 0 spiro atoms. The highest BCUT2D eigenvalue weighted by Crippen LogP contribution is 2.49. The molecule has 0 aromatic carbocycles. The van der Waals surface area contributed by atoms with Gasteiger partial charge in [0, 0.05) is 32.2 Å². The van der Waals surface area contributed by atoms with Crippen molar-refractivity contribution in [1.82, 2.24) is 10.2 Å². The molecule has 3 fully saturated rings. The molecule has 0 aromatic heterocycles. The molecule has 2 nitrogen and oxygen atoms in total. The van der Waals surface area contributed by atoms with Crippen LogP contribution in [0.15, 0.2) is 0 Å². The zero-order chi connectivity index (χ0) is 8.67. The van der Waals surface area contributed by atoms with Crippen molar-refractivity contribution in [3.8, 4) is 0 Å². The molecule has 2 saturated carbocycles. The van der Waals surface area contributed by atoms with Crippen LogP contribution in [0.3, 0.4) is 0 Å². The molecule has 2 aliphatic carbocycles. The summed E-state index contributed by atoms with van der Waals surface area (Å²) >= 11 is 0. The first kappa shape index (κ1) is 8.25. The molecule has 0 bridgehead atoms. The van der Waals surface area contributed by atoms with E-state index in [1.807, 2.05) is 0 Å². The van der Waals surface area contributed by atoms with Crippen molar-refractivity contribution in [3.05, 3.63) is 0 Å². The first-order valence-corrected chi connectivity index (χ1v) is 5.90. The van der Waals surface area contributed by atoms with Crippen LogP contribution in [-0.2, 0) is 0 Å². The van der Waals surface area contributed by atoms with Gasteiger partial charge in [-0.15, -0.1) is 0 Å². The fraction of sp³-hybridized carbons (Fsp3) is 1.00. The van der Waals surface area contributed by atoms with Crippen molar-refractivity contribution < 1.29 is 0 Å². The Kier molecular flexibility index (Phi) is 2.06. The molecule has 3 atom stereocenters. The second-order valence-electron chi connectivity index (χ2n) is 4.94. The highest BCUT2D eigenvalue weighted by Gasteiger charge is 2.46. The molecular weight excluding hydrogens is 160 g/mol. The quantitative estimate of drug-likeness (QED) is 0.649. The third kappa shape index (κ3) is 1.31. The maximum Gasteiger partial charge on any atom is 0.0130 e. The van der Waals surface area contributed by atoms with Crippen molar-refractivity contribution in [2.75, 3.05) is 26.2 Å². The summed E-state index contributed by atoms with van der Waals surface area (Å²) in [6.07, 6.45) is 6.09. The van der Waals surface area contributed by atoms with Crippen molar-refractivity contribution in [2.24, 2.45) is 11.8 Å². The summed E-state index contributed by atoms with van der Waals surface area (Å²) in [5.74, 6) is 2.22. The zero-order valence-corrected chi connectivity index (χ0v) is 8.34. The van der Waals surface area contributed by atoms with E-state index in [9.17, 15) is 0 Å². The normalized spacial score (nSPS) is 45.7. The Hall–Kier alpha value is -0.0800. The molecule has 74 valence electrons. The van der Waals surface area contributed by atoms with Gasteiger partial charge in [-0.1, -0.05) is 12.8 Å². The van der Waals surface area contributed by atoms with Gasteiger partial charge < -0.3 is 5.32 Å². The number of rotatable bonds is 1. The van der Waals surface area contributed by atoms with Gasteiger partial charge in [-0.3, -0.25) is 4.90 Å². The Morgan fingerprint density at radius 1 is 1.08 bits per heavy atom. The van der Waals surface area contributed by atoms with Gasteiger partial charge >= 0.3 is 0 Å². The first-order valence-electron chi connectivity index (χ1n) is 5.90. The van der Waals surface area contributed by atoms with E-state index in [0.717, 1.165) is 17.9 Å². The maximum absolute atomic E-state index is 3.44. The second-order valence-corrected chi connectivity index (χ2v) is 4.94. The average Bonchev–Trinajstić information content (AvgIpc) is 2.50. The Bertz CT molecular complexity index is 187. The van der Waals surface area contributed by atoms with Crippen LogP contribution in [0, 0.1) is 11.8 Å². The molecule has 1 heterocycles. The van der Waals surface area contributed by atoms with E-state index in [-0.39, 0.29) is 0 Å². The summed E-state index contributed by atoms with van der Waals surface area (Å²) in [5, 5.41) is 3.44. The molecule has 13 heavy (non-hydrogen) atoms. The number of hydrogen-bond acceptors (Lipinski definition) is 2. The smallest absolute Gasteiger partial charge is 0.0130 e. The van der Waals surface area contributed by atoms with Crippen molar-refractivity contribution in [1.29, 1.82) is 0 Å². The minimum atomic E-state index is 0.981. The largest absolute Gasteiger partial charge is 0.314 e. The van der Waals surface area contributed by atoms with E-state index in [0.29, 0.717) is 0 Å². The Morgan fingerprint density at radius 2 is 1.92 bits per heavy atom. The number of hydrogen-bond donors (Lipinski definition) is 1. The Labute approximate surface area is 80.7 Å². The van der Waals surface area contributed by atoms with E-state index >= 15 is 0 Å². The summed E-state index contributed by atoms with van der Waals surface area (Å²) in [6.45, 7) is 5.03.